The van der Waals surface area contributed by atoms with E-state index in [1.54, 1.807) is 11.8 Å². The zero-order chi connectivity index (χ0) is 13.9. The highest BCUT2D eigenvalue weighted by molar-refractivity contribution is 5.80. The Morgan fingerprint density at radius 1 is 1.25 bits per heavy atom. The van der Waals surface area contributed by atoms with Crippen molar-refractivity contribution in [2.24, 2.45) is 0 Å². The van der Waals surface area contributed by atoms with Gasteiger partial charge >= 0.3 is 0 Å². The summed E-state index contributed by atoms with van der Waals surface area (Å²) >= 11 is 0. The van der Waals surface area contributed by atoms with Gasteiger partial charge in [0, 0.05) is 11.9 Å². The predicted molar refractivity (Wildman–Crippen MR) is 77.4 cm³/mol. The van der Waals surface area contributed by atoms with Crippen LogP contribution in [0.2, 0.25) is 0 Å². The first kappa shape index (κ1) is 12.4. The fourth-order valence-electron chi connectivity index (χ4n) is 2.14. The van der Waals surface area contributed by atoms with Crippen LogP contribution in [0.3, 0.4) is 0 Å². The molecule has 0 bridgehead atoms. The van der Waals surface area contributed by atoms with Gasteiger partial charge in [0.25, 0.3) is 0 Å². The molecule has 0 aliphatic heterocycles. The smallest absolute Gasteiger partial charge is 0.206 e. The summed E-state index contributed by atoms with van der Waals surface area (Å²) in [5, 5.41) is 8.61. The van der Waals surface area contributed by atoms with E-state index in [4.69, 9.17) is 4.74 Å². The molecule has 0 atom stereocenters. The summed E-state index contributed by atoms with van der Waals surface area (Å²) in [6.45, 7) is 2.76. The molecular formula is C14H15N5O. The van der Waals surface area contributed by atoms with Crippen LogP contribution in [0.5, 0.6) is 5.75 Å². The van der Waals surface area contributed by atoms with Gasteiger partial charge in [-0.15, -0.1) is 0 Å². The van der Waals surface area contributed by atoms with Gasteiger partial charge in [-0.2, -0.15) is 5.10 Å². The van der Waals surface area contributed by atoms with Crippen molar-refractivity contribution >= 4 is 16.7 Å². The van der Waals surface area contributed by atoms with Crippen molar-refractivity contribution in [2.45, 2.75) is 6.92 Å². The predicted octanol–water partition coefficient (Wildman–Crippen LogP) is 2.26. The summed E-state index contributed by atoms with van der Waals surface area (Å²) in [5.41, 5.74) is 0.979. The fourth-order valence-corrected chi connectivity index (χ4v) is 2.14. The molecule has 0 unspecified atom stereocenters. The molecule has 1 aromatic carbocycles. The lowest BCUT2D eigenvalue weighted by atomic mass is 10.2. The van der Waals surface area contributed by atoms with E-state index in [0.29, 0.717) is 17.4 Å². The van der Waals surface area contributed by atoms with Crippen LogP contribution < -0.4 is 10.1 Å². The highest BCUT2D eigenvalue weighted by Crippen LogP contribution is 2.29. The first-order valence-corrected chi connectivity index (χ1v) is 6.41. The maximum atomic E-state index is 5.45. The quantitative estimate of drug-likeness (QED) is 0.787. The van der Waals surface area contributed by atoms with Gasteiger partial charge < -0.3 is 10.1 Å². The van der Waals surface area contributed by atoms with Gasteiger partial charge in [0.1, 0.15) is 6.33 Å². The van der Waals surface area contributed by atoms with Crippen LogP contribution >= 0.6 is 0 Å². The summed E-state index contributed by atoms with van der Waals surface area (Å²) in [6.07, 6.45) is 3.32. The highest BCUT2D eigenvalue weighted by Gasteiger charge is 2.15. The number of rotatable bonds is 4. The molecule has 0 saturated carbocycles. The second-order valence-electron chi connectivity index (χ2n) is 4.22. The average Bonchev–Trinajstić information content (AvgIpc) is 2.91. The van der Waals surface area contributed by atoms with Crippen molar-refractivity contribution in [3.63, 3.8) is 0 Å². The minimum Gasteiger partial charge on any atom is -0.490 e. The largest absolute Gasteiger partial charge is 0.490 e. The van der Waals surface area contributed by atoms with Crippen LogP contribution in [0.1, 0.15) is 6.92 Å². The van der Waals surface area contributed by atoms with E-state index >= 15 is 0 Å². The lowest BCUT2D eigenvalue weighted by Gasteiger charge is -2.12. The number of anilines is 1. The second kappa shape index (κ2) is 5.16. The Hall–Kier alpha value is -2.63. The van der Waals surface area contributed by atoms with Gasteiger partial charge in [-0.25, -0.2) is 14.6 Å². The van der Waals surface area contributed by atoms with Crippen LogP contribution in [0.4, 0.5) is 5.82 Å². The van der Waals surface area contributed by atoms with E-state index in [-0.39, 0.29) is 0 Å². The van der Waals surface area contributed by atoms with Crippen molar-refractivity contribution in [3.05, 3.63) is 36.8 Å². The minimum atomic E-state index is 0.586. The van der Waals surface area contributed by atoms with E-state index in [1.165, 1.54) is 6.33 Å². The lowest BCUT2D eigenvalue weighted by molar-refractivity contribution is 0.409. The standard InChI is InChI=1S/C14H15N5O/c1-3-15-13-12(20-2)14(17-9-16-13)19-11-7-5-4-6-10(11)8-18-19/h4-9H,3H2,1-2H3,(H,15,16,17). The summed E-state index contributed by atoms with van der Waals surface area (Å²) in [6, 6.07) is 7.96. The second-order valence-corrected chi connectivity index (χ2v) is 4.22. The normalized spacial score (nSPS) is 10.7. The van der Waals surface area contributed by atoms with Crippen LogP contribution in [-0.2, 0) is 0 Å². The molecule has 6 heteroatoms. The van der Waals surface area contributed by atoms with Gasteiger partial charge in [0.05, 0.1) is 18.8 Å². The molecule has 0 spiro atoms. The summed E-state index contributed by atoms with van der Waals surface area (Å²) < 4.78 is 7.21. The zero-order valence-corrected chi connectivity index (χ0v) is 11.4. The van der Waals surface area contributed by atoms with Crippen molar-refractivity contribution in [2.75, 3.05) is 19.0 Å². The summed E-state index contributed by atoms with van der Waals surface area (Å²) in [4.78, 5) is 8.51. The van der Waals surface area contributed by atoms with Gasteiger partial charge in [-0.1, -0.05) is 18.2 Å². The van der Waals surface area contributed by atoms with E-state index in [9.17, 15) is 0 Å². The van der Waals surface area contributed by atoms with E-state index in [2.05, 4.69) is 20.4 Å². The number of ether oxygens (including phenoxy) is 1. The Labute approximate surface area is 116 Å². The van der Waals surface area contributed by atoms with E-state index < -0.39 is 0 Å². The molecule has 102 valence electrons. The molecule has 0 fully saturated rings. The van der Waals surface area contributed by atoms with E-state index in [0.717, 1.165) is 17.4 Å². The molecule has 2 heterocycles. The Balaban J connectivity index is 2.21. The van der Waals surface area contributed by atoms with Gasteiger partial charge in [-0.05, 0) is 13.0 Å². The molecule has 0 saturated heterocycles. The number of nitrogens with one attached hydrogen (secondary N) is 1. The maximum absolute atomic E-state index is 5.45. The monoisotopic (exact) mass is 269 g/mol. The maximum Gasteiger partial charge on any atom is 0.206 e. The minimum absolute atomic E-state index is 0.586. The third-order valence-electron chi connectivity index (χ3n) is 3.01. The molecule has 3 rings (SSSR count). The number of methoxy groups -OCH3 is 1. The number of hydrogen-bond acceptors (Lipinski definition) is 5. The molecule has 0 radical (unpaired) electrons. The first-order valence-electron chi connectivity index (χ1n) is 6.41. The van der Waals surface area contributed by atoms with Gasteiger partial charge in [0.15, 0.2) is 5.82 Å². The Kier molecular flexibility index (Phi) is 3.20. The number of para-hydroxylation sites is 1. The van der Waals surface area contributed by atoms with Gasteiger partial charge in [0.2, 0.25) is 11.6 Å². The topological polar surface area (TPSA) is 64.9 Å². The van der Waals surface area contributed by atoms with Crippen LogP contribution in [0, 0.1) is 0 Å². The van der Waals surface area contributed by atoms with Crippen LogP contribution in [0.15, 0.2) is 36.8 Å². The van der Waals surface area contributed by atoms with Crippen molar-refractivity contribution in [3.8, 4) is 11.6 Å². The molecule has 1 N–H and O–H groups in total. The number of benzene rings is 1. The van der Waals surface area contributed by atoms with Crippen LogP contribution in [0.25, 0.3) is 16.7 Å². The Morgan fingerprint density at radius 2 is 2.10 bits per heavy atom. The van der Waals surface area contributed by atoms with Crippen molar-refractivity contribution in [1.82, 2.24) is 19.7 Å². The summed E-state index contributed by atoms with van der Waals surface area (Å²) in [5.74, 6) is 1.88. The third kappa shape index (κ3) is 1.95. The molecule has 3 aromatic rings. The molecule has 20 heavy (non-hydrogen) atoms. The molecule has 0 aliphatic rings. The average molecular weight is 269 g/mol. The molecule has 6 nitrogen and oxygen atoms in total. The third-order valence-corrected chi connectivity index (χ3v) is 3.01. The summed E-state index contributed by atoms with van der Waals surface area (Å²) in [7, 11) is 1.61. The van der Waals surface area contributed by atoms with E-state index in [1.807, 2.05) is 37.4 Å². The zero-order valence-electron chi connectivity index (χ0n) is 11.4. The van der Waals surface area contributed by atoms with Crippen molar-refractivity contribution < 1.29 is 4.74 Å². The highest BCUT2D eigenvalue weighted by atomic mass is 16.5. The number of aromatic nitrogens is 4. The lowest BCUT2D eigenvalue weighted by Crippen LogP contribution is -2.08. The van der Waals surface area contributed by atoms with Crippen LogP contribution in [-0.4, -0.2) is 33.4 Å². The molecule has 2 aromatic heterocycles. The fraction of sp³-hybridized carbons (Fsp3) is 0.214. The van der Waals surface area contributed by atoms with Gasteiger partial charge in [-0.3, -0.25) is 0 Å². The Morgan fingerprint density at radius 3 is 2.90 bits per heavy atom. The molecular weight excluding hydrogens is 254 g/mol. The molecule has 0 amide bonds. The molecule has 0 aliphatic carbocycles. The SMILES string of the molecule is CCNc1ncnc(-n2ncc3ccccc32)c1OC. The Bertz CT molecular complexity index is 737. The number of nitrogens with zero attached hydrogens (tertiary/aromatic N) is 4. The van der Waals surface area contributed by atoms with Crippen molar-refractivity contribution in [1.29, 1.82) is 0 Å². The number of fused-ring (bicyclic) bond motifs is 1. The number of hydrogen-bond donors (Lipinski definition) is 1. The first-order chi connectivity index (χ1) is 9.85.